The van der Waals surface area contributed by atoms with Crippen LogP contribution in [0.5, 0.6) is 0 Å². The van der Waals surface area contributed by atoms with E-state index in [1.807, 2.05) is 19.9 Å². The Kier molecular flexibility index (Phi) is 4.74. The first-order valence-electron chi connectivity index (χ1n) is 7.42. The normalized spacial score (nSPS) is 17.1. The molecule has 3 heteroatoms. The molecule has 20 heavy (non-hydrogen) atoms. The molecule has 2 rings (SSSR count). The van der Waals surface area contributed by atoms with E-state index in [-0.39, 0.29) is 11.8 Å². The average Bonchev–Trinajstić information content (AvgIpc) is 2.38. The Labute approximate surface area is 126 Å². The summed E-state index contributed by atoms with van der Waals surface area (Å²) in [5, 5.41) is 9.80. The minimum absolute atomic E-state index is 0.117. The maximum absolute atomic E-state index is 11.0. The molecule has 1 aliphatic carbocycles. The van der Waals surface area contributed by atoms with Crippen molar-refractivity contribution in [3.05, 3.63) is 34.3 Å². The fourth-order valence-corrected chi connectivity index (χ4v) is 3.51. The SMILES string of the molecule is CC(C)(CC(=O)O)c1ccc(C2CCCCC2)c(Cl)c1. The van der Waals surface area contributed by atoms with Gasteiger partial charge in [0.25, 0.3) is 0 Å². The molecule has 0 heterocycles. The van der Waals surface area contributed by atoms with E-state index in [0.717, 1.165) is 10.6 Å². The highest BCUT2D eigenvalue weighted by molar-refractivity contribution is 6.31. The van der Waals surface area contributed by atoms with Crippen molar-refractivity contribution < 1.29 is 9.90 Å². The van der Waals surface area contributed by atoms with Gasteiger partial charge in [-0.1, -0.05) is 56.8 Å². The van der Waals surface area contributed by atoms with Crippen LogP contribution in [0.15, 0.2) is 18.2 Å². The fourth-order valence-electron chi connectivity index (χ4n) is 3.17. The monoisotopic (exact) mass is 294 g/mol. The van der Waals surface area contributed by atoms with Gasteiger partial charge in [-0.2, -0.15) is 0 Å². The van der Waals surface area contributed by atoms with Crippen LogP contribution in [-0.4, -0.2) is 11.1 Å². The third-order valence-electron chi connectivity index (χ3n) is 4.42. The number of benzene rings is 1. The van der Waals surface area contributed by atoms with Crippen LogP contribution in [0.3, 0.4) is 0 Å². The van der Waals surface area contributed by atoms with Crippen LogP contribution < -0.4 is 0 Å². The van der Waals surface area contributed by atoms with Crippen molar-refractivity contribution in [1.29, 1.82) is 0 Å². The number of aliphatic carboxylic acids is 1. The van der Waals surface area contributed by atoms with Gasteiger partial charge in [-0.3, -0.25) is 4.79 Å². The van der Waals surface area contributed by atoms with Gasteiger partial charge in [0.2, 0.25) is 0 Å². The second-order valence-corrected chi connectivity index (χ2v) is 6.93. The second kappa shape index (κ2) is 6.17. The molecule has 1 fully saturated rings. The quantitative estimate of drug-likeness (QED) is 0.835. The van der Waals surface area contributed by atoms with Gasteiger partial charge in [0.1, 0.15) is 0 Å². The molecule has 1 aromatic rings. The lowest BCUT2D eigenvalue weighted by Gasteiger charge is -2.26. The standard InChI is InChI=1S/C17H23ClO2/c1-17(2,11-16(19)20)13-8-9-14(15(18)10-13)12-6-4-3-5-7-12/h8-10,12H,3-7,11H2,1-2H3,(H,19,20). The zero-order valence-corrected chi connectivity index (χ0v) is 13.0. The van der Waals surface area contributed by atoms with Crippen molar-refractivity contribution in [1.82, 2.24) is 0 Å². The van der Waals surface area contributed by atoms with Crippen LogP contribution in [0, 0.1) is 0 Å². The lowest BCUT2D eigenvalue weighted by molar-refractivity contribution is -0.138. The second-order valence-electron chi connectivity index (χ2n) is 6.53. The van der Waals surface area contributed by atoms with Crippen molar-refractivity contribution >= 4 is 17.6 Å². The summed E-state index contributed by atoms with van der Waals surface area (Å²) in [6.07, 6.45) is 6.46. The smallest absolute Gasteiger partial charge is 0.304 e. The van der Waals surface area contributed by atoms with E-state index in [9.17, 15) is 4.79 Å². The molecule has 0 aromatic heterocycles. The third-order valence-corrected chi connectivity index (χ3v) is 4.75. The summed E-state index contributed by atoms with van der Waals surface area (Å²) >= 11 is 6.46. The van der Waals surface area contributed by atoms with E-state index in [4.69, 9.17) is 16.7 Å². The molecule has 1 aromatic carbocycles. The average molecular weight is 295 g/mol. The number of hydrogen-bond acceptors (Lipinski definition) is 1. The van der Waals surface area contributed by atoms with Crippen molar-refractivity contribution in [2.45, 2.75) is 63.7 Å². The highest BCUT2D eigenvalue weighted by Gasteiger charge is 2.26. The minimum Gasteiger partial charge on any atom is -0.481 e. The number of rotatable bonds is 4. The first-order valence-corrected chi connectivity index (χ1v) is 7.79. The van der Waals surface area contributed by atoms with Crippen LogP contribution >= 0.6 is 11.6 Å². The maximum Gasteiger partial charge on any atom is 0.304 e. The van der Waals surface area contributed by atoms with Crippen molar-refractivity contribution in [3.8, 4) is 0 Å². The van der Waals surface area contributed by atoms with Gasteiger partial charge in [-0.25, -0.2) is 0 Å². The van der Waals surface area contributed by atoms with Crippen LogP contribution in [0.25, 0.3) is 0 Å². The lowest BCUT2D eigenvalue weighted by Crippen LogP contribution is -2.21. The van der Waals surface area contributed by atoms with Gasteiger partial charge in [0.15, 0.2) is 0 Å². The number of carbonyl (C=O) groups is 1. The van der Waals surface area contributed by atoms with Crippen molar-refractivity contribution in [2.24, 2.45) is 0 Å². The van der Waals surface area contributed by atoms with Crippen LogP contribution in [0.2, 0.25) is 5.02 Å². The van der Waals surface area contributed by atoms with Gasteiger partial charge < -0.3 is 5.11 Å². The van der Waals surface area contributed by atoms with Gasteiger partial charge in [0.05, 0.1) is 6.42 Å². The summed E-state index contributed by atoms with van der Waals surface area (Å²) < 4.78 is 0. The summed E-state index contributed by atoms with van der Waals surface area (Å²) in [4.78, 5) is 11.0. The molecule has 0 bridgehead atoms. The lowest BCUT2D eigenvalue weighted by atomic mass is 9.79. The van der Waals surface area contributed by atoms with Gasteiger partial charge in [-0.05, 0) is 36.0 Å². The maximum atomic E-state index is 11.0. The molecule has 0 aliphatic heterocycles. The Morgan fingerprint density at radius 3 is 2.50 bits per heavy atom. The van der Waals surface area contributed by atoms with E-state index in [1.165, 1.54) is 37.7 Å². The first-order chi connectivity index (χ1) is 9.40. The first kappa shape index (κ1) is 15.4. The summed E-state index contributed by atoms with van der Waals surface area (Å²) in [6.45, 7) is 3.90. The van der Waals surface area contributed by atoms with E-state index < -0.39 is 5.97 Å². The van der Waals surface area contributed by atoms with Crippen LogP contribution in [-0.2, 0) is 10.2 Å². The molecule has 0 amide bonds. The van der Waals surface area contributed by atoms with E-state index >= 15 is 0 Å². The van der Waals surface area contributed by atoms with Gasteiger partial charge >= 0.3 is 5.97 Å². The van der Waals surface area contributed by atoms with Crippen molar-refractivity contribution in [3.63, 3.8) is 0 Å². The molecule has 0 unspecified atom stereocenters. The zero-order chi connectivity index (χ0) is 14.8. The van der Waals surface area contributed by atoms with Crippen LogP contribution in [0.1, 0.15) is 69.4 Å². The van der Waals surface area contributed by atoms with Gasteiger partial charge in [-0.15, -0.1) is 0 Å². The zero-order valence-electron chi connectivity index (χ0n) is 12.3. The third kappa shape index (κ3) is 3.54. The topological polar surface area (TPSA) is 37.3 Å². The molecule has 110 valence electrons. The molecule has 1 N–H and O–H groups in total. The predicted molar refractivity (Wildman–Crippen MR) is 82.6 cm³/mol. The summed E-state index contributed by atoms with van der Waals surface area (Å²) in [7, 11) is 0. The molecule has 1 aliphatic rings. The molecular weight excluding hydrogens is 272 g/mol. The van der Waals surface area contributed by atoms with Crippen LogP contribution in [0.4, 0.5) is 0 Å². The number of carboxylic acid groups (broad SMARTS) is 1. The Hall–Kier alpha value is -1.02. The molecular formula is C17H23ClO2. The number of hydrogen-bond donors (Lipinski definition) is 1. The molecule has 0 radical (unpaired) electrons. The van der Waals surface area contributed by atoms with Gasteiger partial charge in [0, 0.05) is 10.4 Å². The van der Waals surface area contributed by atoms with E-state index in [2.05, 4.69) is 12.1 Å². The highest BCUT2D eigenvalue weighted by Crippen LogP contribution is 2.38. The fraction of sp³-hybridized carbons (Fsp3) is 0.588. The minimum atomic E-state index is -0.775. The highest BCUT2D eigenvalue weighted by atomic mass is 35.5. The number of halogens is 1. The largest absolute Gasteiger partial charge is 0.481 e. The molecule has 0 saturated heterocycles. The molecule has 1 saturated carbocycles. The van der Waals surface area contributed by atoms with E-state index in [0.29, 0.717) is 5.92 Å². The van der Waals surface area contributed by atoms with Crippen molar-refractivity contribution in [2.75, 3.05) is 0 Å². The molecule has 0 atom stereocenters. The molecule has 2 nitrogen and oxygen atoms in total. The summed E-state index contributed by atoms with van der Waals surface area (Å²) in [5.74, 6) is -0.199. The summed E-state index contributed by atoms with van der Waals surface area (Å²) in [5.41, 5.74) is 1.85. The van der Waals surface area contributed by atoms with E-state index in [1.54, 1.807) is 0 Å². The Balaban J connectivity index is 2.22. The Morgan fingerprint density at radius 1 is 1.30 bits per heavy atom. The summed E-state index contributed by atoms with van der Waals surface area (Å²) in [6, 6.07) is 6.13. The molecule has 0 spiro atoms. The number of carboxylic acids is 1. The Morgan fingerprint density at radius 2 is 1.95 bits per heavy atom. The predicted octanol–water partition coefficient (Wildman–Crippen LogP) is 5.14. The Bertz CT molecular complexity index is 488.